The molecule has 0 heterocycles. The fraction of sp³-hybridized carbons (Fsp3) is 0.278. The highest BCUT2D eigenvalue weighted by Crippen LogP contribution is 2.27. The Kier molecular flexibility index (Phi) is 6.23. The summed E-state index contributed by atoms with van der Waals surface area (Å²) in [5, 5.41) is 7.02. The Labute approximate surface area is 142 Å². The highest BCUT2D eigenvalue weighted by molar-refractivity contribution is 7.80. The molecule has 0 spiro atoms. The van der Waals surface area contributed by atoms with Gasteiger partial charge in [0.25, 0.3) is 0 Å². The van der Waals surface area contributed by atoms with E-state index in [4.69, 9.17) is 21.7 Å². The van der Waals surface area contributed by atoms with Crippen LogP contribution in [0.5, 0.6) is 11.5 Å². The summed E-state index contributed by atoms with van der Waals surface area (Å²) in [6, 6.07) is 14.2. The minimum atomic E-state index is 0.625. The van der Waals surface area contributed by atoms with Crippen LogP contribution in [0.2, 0.25) is 0 Å². The number of benzene rings is 2. The largest absolute Gasteiger partial charge is 0.493 e. The summed E-state index contributed by atoms with van der Waals surface area (Å²) in [5.41, 5.74) is 3.52. The van der Waals surface area contributed by atoms with Crippen LogP contribution in [0.1, 0.15) is 16.7 Å². The molecular weight excluding hydrogens is 308 g/mol. The Balaban J connectivity index is 1.83. The molecule has 0 aliphatic rings. The third-order valence-corrected chi connectivity index (χ3v) is 3.76. The predicted molar refractivity (Wildman–Crippen MR) is 97.0 cm³/mol. The second-order valence-corrected chi connectivity index (χ2v) is 5.62. The second kappa shape index (κ2) is 8.39. The molecule has 2 aromatic rings. The number of hydrogen-bond donors (Lipinski definition) is 2. The lowest BCUT2D eigenvalue weighted by Crippen LogP contribution is -2.34. The highest BCUT2D eigenvalue weighted by Gasteiger charge is 2.05. The summed E-state index contributed by atoms with van der Waals surface area (Å²) in [5.74, 6) is 1.43. The maximum Gasteiger partial charge on any atom is 0.166 e. The molecule has 0 aliphatic carbocycles. The van der Waals surface area contributed by atoms with Gasteiger partial charge in [-0.25, -0.2) is 0 Å². The molecule has 0 atom stereocenters. The first-order chi connectivity index (χ1) is 11.1. The van der Waals surface area contributed by atoms with Crippen LogP contribution in [0.4, 0.5) is 0 Å². The number of rotatable bonds is 6. The van der Waals surface area contributed by atoms with E-state index in [-0.39, 0.29) is 0 Å². The Morgan fingerprint density at radius 1 is 0.870 bits per heavy atom. The van der Waals surface area contributed by atoms with E-state index in [0.29, 0.717) is 24.0 Å². The summed E-state index contributed by atoms with van der Waals surface area (Å²) in [4.78, 5) is 0. The van der Waals surface area contributed by atoms with E-state index in [1.54, 1.807) is 14.2 Å². The first-order valence-corrected chi connectivity index (χ1v) is 7.81. The van der Waals surface area contributed by atoms with Crippen molar-refractivity contribution in [3.8, 4) is 11.5 Å². The summed E-state index contributed by atoms with van der Waals surface area (Å²) in [6.07, 6.45) is 0. The number of hydrogen-bond acceptors (Lipinski definition) is 3. The van der Waals surface area contributed by atoms with Crippen LogP contribution < -0.4 is 20.1 Å². The third-order valence-electron chi connectivity index (χ3n) is 3.47. The van der Waals surface area contributed by atoms with Gasteiger partial charge in [0, 0.05) is 13.1 Å². The zero-order valence-electron chi connectivity index (χ0n) is 13.7. The van der Waals surface area contributed by atoms with Crippen LogP contribution in [0.25, 0.3) is 0 Å². The maximum absolute atomic E-state index is 5.31. The monoisotopic (exact) mass is 330 g/mol. The Hall–Kier alpha value is -2.27. The number of aryl methyl sites for hydroxylation is 1. The molecule has 0 unspecified atom stereocenters. The molecule has 5 heteroatoms. The minimum absolute atomic E-state index is 0.625. The molecule has 2 aromatic carbocycles. The van der Waals surface area contributed by atoms with Crippen molar-refractivity contribution in [2.75, 3.05) is 14.2 Å². The molecule has 0 fully saturated rings. The van der Waals surface area contributed by atoms with Crippen LogP contribution >= 0.6 is 12.2 Å². The smallest absolute Gasteiger partial charge is 0.166 e. The maximum atomic E-state index is 5.31. The van der Waals surface area contributed by atoms with E-state index in [2.05, 4.69) is 41.8 Å². The van der Waals surface area contributed by atoms with Crippen molar-refractivity contribution in [3.63, 3.8) is 0 Å². The molecule has 23 heavy (non-hydrogen) atoms. The molecule has 0 bridgehead atoms. The lowest BCUT2D eigenvalue weighted by atomic mass is 10.1. The van der Waals surface area contributed by atoms with Crippen LogP contribution in [0.15, 0.2) is 42.5 Å². The van der Waals surface area contributed by atoms with Crippen LogP contribution in [-0.4, -0.2) is 19.3 Å². The summed E-state index contributed by atoms with van der Waals surface area (Å²) in [6.45, 7) is 3.41. The summed E-state index contributed by atoms with van der Waals surface area (Å²) >= 11 is 5.31. The average Bonchev–Trinajstić information content (AvgIpc) is 2.59. The average molecular weight is 330 g/mol. The van der Waals surface area contributed by atoms with Gasteiger partial charge in [-0.15, -0.1) is 0 Å². The van der Waals surface area contributed by atoms with E-state index in [1.165, 1.54) is 11.1 Å². The summed E-state index contributed by atoms with van der Waals surface area (Å²) < 4.78 is 10.5. The first-order valence-electron chi connectivity index (χ1n) is 7.40. The first kappa shape index (κ1) is 17.1. The molecular formula is C18H22N2O2S. The van der Waals surface area contributed by atoms with Gasteiger partial charge in [0.15, 0.2) is 16.6 Å². The van der Waals surface area contributed by atoms with Gasteiger partial charge in [-0.05, 0) is 42.4 Å². The lowest BCUT2D eigenvalue weighted by molar-refractivity contribution is 0.354. The molecule has 2 N–H and O–H groups in total. The van der Waals surface area contributed by atoms with Gasteiger partial charge < -0.3 is 20.1 Å². The molecule has 0 aromatic heterocycles. The van der Waals surface area contributed by atoms with Gasteiger partial charge >= 0.3 is 0 Å². The van der Waals surface area contributed by atoms with Crippen molar-refractivity contribution in [1.29, 1.82) is 0 Å². The predicted octanol–water partition coefficient (Wildman–Crippen LogP) is 3.18. The van der Waals surface area contributed by atoms with E-state index in [9.17, 15) is 0 Å². The lowest BCUT2D eigenvalue weighted by Gasteiger charge is -2.13. The van der Waals surface area contributed by atoms with Gasteiger partial charge in [0.1, 0.15) is 0 Å². The Bertz CT molecular complexity index is 657. The fourth-order valence-electron chi connectivity index (χ4n) is 2.12. The highest BCUT2D eigenvalue weighted by atomic mass is 32.1. The quantitative estimate of drug-likeness (QED) is 0.797. The van der Waals surface area contributed by atoms with Crippen molar-refractivity contribution in [2.24, 2.45) is 0 Å². The minimum Gasteiger partial charge on any atom is -0.493 e. The number of methoxy groups -OCH3 is 2. The number of ether oxygens (including phenoxy) is 2. The molecule has 122 valence electrons. The van der Waals surface area contributed by atoms with Crippen molar-refractivity contribution < 1.29 is 9.47 Å². The fourth-order valence-corrected chi connectivity index (χ4v) is 2.27. The normalized spacial score (nSPS) is 10.0. The topological polar surface area (TPSA) is 42.5 Å². The molecule has 0 aliphatic heterocycles. The summed E-state index contributed by atoms with van der Waals surface area (Å²) in [7, 11) is 3.25. The Morgan fingerprint density at radius 3 is 2.04 bits per heavy atom. The van der Waals surface area contributed by atoms with Gasteiger partial charge in [-0.2, -0.15) is 0 Å². The van der Waals surface area contributed by atoms with E-state index >= 15 is 0 Å². The molecule has 4 nitrogen and oxygen atoms in total. The zero-order valence-corrected chi connectivity index (χ0v) is 14.5. The van der Waals surface area contributed by atoms with E-state index < -0.39 is 0 Å². The van der Waals surface area contributed by atoms with Gasteiger partial charge in [0.2, 0.25) is 0 Å². The van der Waals surface area contributed by atoms with Crippen LogP contribution in [0.3, 0.4) is 0 Å². The van der Waals surface area contributed by atoms with Gasteiger partial charge in [0.05, 0.1) is 14.2 Å². The number of nitrogens with one attached hydrogen (secondary N) is 2. The van der Waals surface area contributed by atoms with E-state index in [1.807, 2.05) is 18.2 Å². The van der Waals surface area contributed by atoms with Crippen molar-refractivity contribution in [3.05, 3.63) is 59.2 Å². The van der Waals surface area contributed by atoms with Gasteiger partial charge in [-0.1, -0.05) is 35.9 Å². The van der Waals surface area contributed by atoms with Crippen molar-refractivity contribution in [1.82, 2.24) is 10.6 Å². The molecule has 0 saturated carbocycles. The van der Waals surface area contributed by atoms with Crippen LogP contribution in [-0.2, 0) is 13.1 Å². The molecule has 0 saturated heterocycles. The third kappa shape index (κ3) is 5.14. The van der Waals surface area contributed by atoms with E-state index in [0.717, 1.165) is 11.3 Å². The molecule has 0 radical (unpaired) electrons. The van der Waals surface area contributed by atoms with Crippen LogP contribution in [0, 0.1) is 6.92 Å². The Morgan fingerprint density at radius 2 is 1.43 bits per heavy atom. The standard InChI is InChI=1S/C18H22N2O2S/c1-13-4-6-14(7-5-13)11-19-18(23)20-12-15-8-9-16(21-2)17(10-15)22-3/h4-10H,11-12H2,1-3H3,(H2,19,20,23). The SMILES string of the molecule is COc1ccc(CNC(=S)NCc2ccc(C)cc2)cc1OC. The molecule has 2 rings (SSSR count). The van der Waals surface area contributed by atoms with Crippen molar-refractivity contribution in [2.45, 2.75) is 20.0 Å². The second-order valence-electron chi connectivity index (χ2n) is 5.21. The molecule has 0 amide bonds. The zero-order chi connectivity index (χ0) is 16.7. The van der Waals surface area contributed by atoms with Gasteiger partial charge in [-0.3, -0.25) is 0 Å². The van der Waals surface area contributed by atoms with Crippen molar-refractivity contribution >= 4 is 17.3 Å². The number of thiocarbonyl (C=S) groups is 1.